The fraction of sp³-hybridized carbons (Fsp3) is 0.414. The number of aromatic nitrogens is 1. The maximum absolute atomic E-state index is 13.7. The van der Waals surface area contributed by atoms with Crippen LogP contribution in [0.5, 0.6) is 0 Å². The maximum Gasteiger partial charge on any atom is 0.310 e. The first-order valence-corrected chi connectivity index (χ1v) is 14.4. The number of hydrogen-bond donors (Lipinski definition) is 0. The van der Waals surface area contributed by atoms with Crippen molar-refractivity contribution in [3.8, 4) is 6.07 Å². The van der Waals surface area contributed by atoms with Crippen LogP contribution in [0.1, 0.15) is 61.9 Å². The number of amides is 1. The molecule has 2 aliphatic heterocycles. The van der Waals surface area contributed by atoms with Crippen molar-refractivity contribution in [2.45, 2.75) is 53.1 Å². The number of nitriles is 1. The van der Waals surface area contributed by atoms with Crippen LogP contribution in [0.2, 0.25) is 0 Å². The number of anilines is 1. The summed E-state index contributed by atoms with van der Waals surface area (Å²) in [5, 5.41) is 9.85. The van der Waals surface area contributed by atoms with Crippen molar-refractivity contribution < 1.29 is 14.3 Å². The third kappa shape index (κ3) is 5.52. The van der Waals surface area contributed by atoms with Gasteiger partial charge in [-0.15, -0.1) is 0 Å². The van der Waals surface area contributed by atoms with E-state index in [1.807, 2.05) is 49.1 Å². The first-order chi connectivity index (χ1) is 18.7. The van der Waals surface area contributed by atoms with Crippen molar-refractivity contribution >= 4 is 52.1 Å². The van der Waals surface area contributed by atoms with Crippen LogP contribution < -0.4 is 10.5 Å². The molecular formula is C29H32N4O4S2. The third-order valence-corrected chi connectivity index (χ3v) is 8.60. The molecule has 10 heteroatoms. The highest BCUT2D eigenvalue weighted by atomic mass is 32.2. The summed E-state index contributed by atoms with van der Waals surface area (Å²) in [4.78, 5) is 43.6. The predicted octanol–water partition coefficient (Wildman–Crippen LogP) is 4.79. The van der Waals surface area contributed by atoms with Gasteiger partial charge in [-0.1, -0.05) is 54.3 Å². The molecule has 2 saturated heterocycles. The molecule has 4 rings (SSSR count). The molecule has 2 atom stereocenters. The fourth-order valence-corrected chi connectivity index (χ4v) is 6.63. The SMILES string of the molecule is CCOC(=O)C1CCCN(c2c(C=C3SC(=S)N(C(C)c4ccccc4)C3=O)c(C)c(C#N)c(=O)n2CC)C1. The second-order valence-electron chi connectivity index (χ2n) is 9.57. The van der Waals surface area contributed by atoms with E-state index in [0.29, 0.717) is 58.8 Å². The van der Waals surface area contributed by atoms with E-state index < -0.39 is 0 Å². The Labute approximate surface area is 238 Å². The van der Waals surface area contributed by atoms with Crippen molar-refractivity contribution in [2.75, 3.05) is 24.6 Å². The minimum atomic E-state index is -0.381. The van der Waals surface area contributed by atoms with Gasteiger partial charge >= 0.3 is 5.97 Å². The van der Waals surface area contributed by atoms with E-state index in [-0.39, 0.29) is 35.0 Å². The summed E-state index contributed by atoms with van der Waals surface area (Å²) in [6.07, 6.45) is 3.20. The molecule has 8 nitrogen and oxygen atoms in total. The van der Waals surface area contributed by atoms with Gasteiger partial charge in [-0.2, -0.15) is 5.26 Å². The molecule has 0 spiro atoms. The zero-order chi connectivity index (χ0) is 28.3. The Hall–Kier alpha value is -3.42. The van der Waals surface area contributed by atoms with Crippen LogP contribution in [0.3, 0.4) is 0 Å². The highest BCUT2D eigenvalue weighted by molar-refractivity contribution is 8.26. The number of esters is 1. The van der Waals surface area contributed by atoms with Crippen LogP contribution in [-0.4, -0.2) is 45.4 Å². The summed E-state index contributed by atoms with van der Waals surface area (Å²) >= 11 is 6.84. The van der Waals surface area contributed by atoms with Gasteiger partial charge in [0.1, 0.15) is 21.8 Å². The molecule has 0 saturated carbocycles. The highest BCUT2D eigenvalue weighted by Gasteiger charge is 2.37. The molecule has 3 heterocycles. The monoisotopic (exact) mass is 564 g/mol. The number of thiocarbonyl (C=S) groups is 1. The molecular weight excluding hydrogens is 532 g/mol. The molecule has 39 heavy (non-hydrogen) atoms. The molecule has 0 radical (unpaired) electrons. The lowest BCUT2D eigenvalue weighted by Crippen LogP contribution is -2.43. The maximum atomic E-state index is 13.7. The standard InChI is InChI=1S/C29H32N4O4S2/c1-5-32-25(31-14-10-13-21(17-31)28(36)37-6-2)22(18(3)23(16-30)26(32)34)15-24-27(35)33(29(38)39-24)19(4)20-11-8-7-9-12-20/h7-9,11-12,15,19,21H,5-6,10,13-14,17H2,1-4H3. The predicted molar refractivity (Wildman–Crippen MR) is 157 cm³/mol. The second-order valence-corrected chi connectivity index (χ2v) is 11.2. The number of carbonyl (C=O) groups is 2. The van der Waals surface area contributed by atoms with E-state index >= 15 is 0 Å². The Morgan fingerprint density at radius 3 is 2.64 bits per heavy atom. The molecule has 204 valence electrons. The summed E-state index contributed by atoms with van der Waals surface area (Å²) in [5.74, 6) is -0.194. The lowest BCUT2D eigenvalue weighted by molar-refractivity contribution is -0.148. The summed E-state index contributed by atoms with van der Waals surface area (Å²) < 4.78 is 7.30. The molecule has 1 aromatic carbocycles. The number of benzene rings is 1. The number of hydrogen-bond acceptors (Lipinski definition) is 8. The lowest BCUT2D eigenvalue weighted by atomic mass is 9.96. The molecule has 1 amide bonds. The summed E-state index contributed by atoms with van der Waals surface area (Å²) in [5.41, 5.74) is 1.75. The first kappa shape index (κ1) is 28.6. The third-order valence-electron chi connectivity index (χ3n) is 7.27. The Morgan fingerprint density at radius 2 is 2.00 bits per heavy atom. The summed E-state index contributed by atoms with van der Waals surface area (Å²) in [7, 11) is 0. The van der Waals surface area contributed by atoms with Gasteiger partial charge in [-0.05, 0) is 57.7 Å². The lowest BCUT2D eigenvalue weighted by Gasteiger charge is -2.36. The number of carbonyl (C=O) groups excluding carboxylic acids is 2. The zero-order valence-electron chi connectivity index (χ0n) is 22.6. The highest BCUT2D eigenvalue weighted by Crippen LogP contribution is 2.40. The fourth-order valence-electron chi connectivity index (χ4n) is 5.23. The van der Waals surface area contributed by atoms with E-state index in [1.165, 1.54) is 11.8 Å². The number of ether oxygens (including phenoxy) is 1. The van der Waals surface area contributed by atoms with Crippen LogP contribution in [0, 0.1) is 24.2 Å². The minimum Gasteiger partial charge on any atom is -0.466 e. The van der Waals surface area contributed by atoms with Crippen LogP contribution in [-0.2, 0) is 20.9 Å². The largest absolute Gasteiger partial charge is 0.466 e. The number of pyridine rings is 1. The van der Waals surface area contributed by atoms with Gasteiger partial charge in [-0.25, -0.2) is 0 Å². The average Bonchev–Trinajstić information content (AvgIpc) is 3.22. The van der Waals surface area contributed by atoms with Crippen molar-refractivity contribution in [3.63, 3.8) is 0 Å². The number of nitrogens with zero attached hydrogens (tertiary/aromatic N) is 4. The minimum absolute atomic E-state index is 0.0407. The zero-order valence-corrected chi connectivity index (χ0v) is 24.2. The number of rotatable bonds is 7. The van der Waals surface area contributed by atoms with E-state index in [0.717, 1.165) is 12.0 Å². The molecule has 2 aromatic rings. The molecule has 0 bridgehead atoms. The van der Waals surface area contributed by atoms with E-state index in [1.54, 1.807) is 29.4 Å². The Kier molecular flexibility index (Phi) is 8.93. The van der Waals surface area contributed by atoms with Crippen LogP contribution in [0.4, 0.5) is 5.82 Å². The van der Waals surface area contributed by atoms with Gasteiger partial charge in [0.2, 0.25) is 0 Å². The van der Waals surface area contributed by atoms with Gasteiger partial charge in [0.05, 0.1) is 23.5 Å². The first-order valence-electron chi connectivity index (χ1n) is 13.1. The molecule has 1 aromatic heterocycles. The molecule has 0 N–H and O–H groups in total. The number of piperidine rings is 1. The van der Waals surface area contributed by atoms with E-state index in [2.05, 4.69) is 6.07 Å². The molecule has 2 aliphatic rings. The van der Waals surface area contributed by atoms with E-state index in [4.69, 9.17) is 17.0 Å². The van der Waals surface area contributed by atoms with Crippen LogP contribution in [0.25, 0.3) is 6.08 Å². The van der Waals surface area contributed by atoms with Gasteiger partial charge in [0.25, 0.3) is 11.5 Å². The summed E-state index contributed by atoms with van der Waals surface area (Å²) in [6, 6.07) is 11.5. The van der Waals surface area contributed by atoms with Crippen LogP contribution in [0.15, 0.2) is 40.0 Å². The molecule has 0 aliphatic carbocycles. The Bertz CT molecular complexity index is 1430. The quantitative estimate of drug-likeness (QED) is 0.269. The van der Waals surface area contributed by atoms with Crippen molar-refractivity contribution in [1.82, 2.24) is 9.47 Å². The topological polar surface area (TPSA) is 95.6 Å². The van der Waals surface area contributed by atoms with E-state index in [9.17, 15) is 19.6 Å². The molecule has 2 fully saturated rings. The average molecular weight is 565 g/mol. The Morgan fingerprint density at radius 1 is 1.28 bits per heavy atom. The smallest absolute Gasteiger partial charge is 0.310 e. The van der Waals surface area contributed by atoms with Gasteiger partial charge < -0.3 is 9.64 Å². The normalized spacial score (nSPS) is 19.4. The van der Waals surface area contributed by atoms with Crippen molar-refractivity contribution in [3.05, 3.63) is 67.8 Å². The van der Waals surface area contributed by atoms with Gasteiger partial charge in [0.15, 0.2) is 0 Å². The number of thioether (sulfide) groups is 1. The molecule has 2 unspecified atom stereocenters. The van der Waals surface area contributed by atoms with Crippen molar-refractivity contribution in [2.24, 2.45) is 5.92 Å². The van der Waals surface area contributed by atoms with Crippen LogP contribution >= 0.6 is 24.0 Å². The van der Waals surface area contributed by atoms with Gasteiger partial charge in [0, 0.05) is 25.2 Å². The second kappa shape index (κ2) is 12.2. The Balaban J connectivity index is 1.82. The van der Waals surface area contributed by atoms with Gasteiger partial charge in [-0.3, -0.25) is 23.9 Å². The van der Waals surface area contributed by atoms with Crippen molar-refractivity contribution in [1.29, 1.82) is 5.26 Å². The summed E-state index contributed by atoms with van der Waals surface area (Å²) in [6.45, 7) is 8.95.